The Labute approximate surface area is 164 Å². The van der Waals surface area contributed by atoms with E-state index in [2.05, 4.69) is 25.2 Å². The molecule has 28 heavy (non-hydrogen) atoms. The molecule has 2 aromatic carbocycles. The van der Waals surface area contributed by atoms with E-state index in [1.54, 1.807) is 29.2 Å². The van der Waals surface area contributed by atoms with E-state index in [-0.39, 0.29) is 17.3 Å². The summed E-state index contributed by atoms with van der Waals surface area (Å²) < 4.78 is 26.9. The van der Waals surface area contributed by atoms with Gasteiger partial charge < -0.3 is 5.32 Å². The third kappa shape index (κ3) is 3.41. The Kier molecular flexibility index (Phi) is 4.69. The van der Waals surface area contributed by atoms with Crippen molar-refractivity contribution >= 4 is 17.4 Å². The van der Waals surface area contributed by atoms with Crippen molar-refractivity contribution in [1.29, 1.82) is 0 Å². The molecule has 1 N–H and O–H groups in total. The van der Waals surface area contributed by atoms with Crippen LogP contribution in [0.4, 0.5) is 25.0 Å². The van der Waals surface area contributed by atoms with Gasteiger partial charge in [-0.3, -0.25) is 4.90 Å². The van der Waals surface area contributed by atoms with E-state index in [1.165, 1.54) is 29.8 Å². The van der Waals surface area contributed by atoms with Crippen molar-refractivity contribution in [3.63, 3.8) is 0 Å². The summed E-state index contributed by atoms with van der Waals surface area (Å²) in [5.41, 5.74) is 2.48. The van der Waals surface area contributed by atoms with E-state index in [9.17, 15) is 13.6 Å². The highest BCUT2D eigenvalue weighted by Crippen LogP contribution is 2.59. The zero-order valence-corrected chi connectivity index (χ0v) is 16.1. The second-order valence-electron chi connectivity index (χ2n) is 8.32. The Bertz CT molecular complexity index is 920. The molecule has 1 fully saturated rings. The third-order valence-electron chi connectivity index (χ3n) is 6.38. The largest absolute Gasteiger partial charge is 0.326 e. The van der Waals surface area contributed by atoms with E-state index in [0.717, 1.165) is 12.8 Å². The number of halogens is 2. The molecule has 3 aliphatic carbocycles. The van der Waals surface area contributed by atoms with Crippen LogP contribution in [0.1, 0.15) is 26.7 Å². The molecule has 1 saturated carbocycles. The molecule has 0 aromatic heterocycles. The summed E-state index contributed by atoms with van der Waals surface area (Å²) in [6.45, 7) is 5.01. The number of benzene rings is 2. The molecule has 3 nitrogen and oxygen atoms in total. The van der Waals surface area contributed by atoms with Gasteiger partial charge in [-0.25, -0.2) is 13.6 Å². The summed E-state index contributed by atoms with van der Waals surface area (Å²) in [6.07, 6.45) is 4.43. The summed E-state index contributed by atoms with van der Waals surface area (Å²) in [6, 6.07) is 11.3. The van der Waals surface area contributed by atoms with Gasteiger partial charge in [0.2, 0.25) is 0 Å². The van der Waals surface area contributed by atoms with Gasteiger partial charge in [-0.15, -0.1) is 0 Å². The number of anilines is 2. The molecule has 146 valence electrons. The fraction of sp³-hybridized carbons (Fsp3) is 0.348. The maximum absolute atomic E-state index is 13.5. The van der Waals surface area contributed by atoms with Crippen LogP contribution in [0.2, 0.25) is 0 Å². The van der Waals surface area contributed by atoms with Crippen LogP contribution >= 0.6 is 0 Å². The Morgan fingerprint density at radius 3 is 2.54 bits per heavy atom. The van der Waals surface area contributed by atoms with E-state index < -0.39 is 5.82 Å². The van der Waals surface area contributed by atoms with Crippen LogP contribution in [-0.2, 0) is 0 Å². The molecule has 5 heteroatoms. The van der Waals surface area contributed by atoms with Crippen molar-refractivity contribution in [1.82, 2.24) is 0 Å². The smallest absolute Gasteiger partial charge is 0.307 e. The number of fused-ring (bicyclic) bond motifs is 1. The van der Waals surface area contributed by atoms with Crippen molar-refractivity contribution in [2.45, 2.75) is 26.7 Å². The summed E-state index contributed by atoms with van der Waals surface area (Å²) in [4.78, 5) is 14.6. The molecule has 2 unspecified atom stereocenters. The van der Waals surface area contributed by atoms with Crippen molar-refractivity contribution in [2.75, 3.05) is 16.8 Å². The molecule has 0 aliphatic heterocycles. The number of carbonyl (C=O) groups is 1. The standard InChI is InChI=1S/C23H24F2N2O/c1-23(2)16-7-6-15(21(23)12-16)14-27(20-10-8-17(24)9-11-20)22(28)26-19-5-3-4-18(25)13-19/h3-6,8-11,13,16,21H,7,12,14H2,1-2H3,(H,26,28). The maximum Gasteiger partial charge on any atom is 0.326 e. The summed E-state index contributed by atoms with van der Waals surface area (Å²) in [5, 5.41) is 2.76. The second-order valence-corrected chi connectivity index (χ2v) is 8.32. The van der Waals surface area contributed by atoms with Gasteiger partial charge >= 0.3 is 6.03 Å². The summed E-state index contributed by atoms with van der Waals surface area (Å²) in [7, 11) is 0. The van der Waals surface area contributed by atoms with E-state index in [0.29, 0.717) is 29.8 Å². The Balaban J connectivity index is 1.60. The number of hydrogen-bond acceptors (Lipinski definition) is 1. The van der Waals surface area contributed by atoms with Gasteiger partial charge in [0.25, 0.3) is 0 Å². The van der Waals surface area contributed by atoms with Crippen molar-refractivity contribution in [3.8, 4) is 0 Å². The second kappa shape index (κ2) is 7.04. The predicted molar refractivity (Wildman–Crippen MR) is 107 cm³/mol. The van der Waals surface area contributed by atoms with Crippen LogP contribution in [0.15, 0.2) is 60.2 Å². The number of hydrogen-bond donors (Lipinski definition) is 1. The molecular weight excluding hydrogens is 358 g/mol. The zero-order chi connectivity index (χ0) is 19.9. The van der Waals surface area contributed by atoms with Gasteiger partial charge in [0.1, 0.15) is 11.6 Å². The number of rotatable bonds is 4. The topological polar surface area (TPSA) is 32.3 Å². The van der Waals surface area contributed by atoms with Crippen molar-refractivity contribution in [3.05, 3.63) is 71.8 Å². The molecule has 3 aliphatic rings. The molecule has 0 radical (unpaired) electrons. The molecule has 2 bridgehead atoms. The van der Waals surface area contributed by atoms with Gasteiger partial charge in [-0.1, -0.05) is 31.6 Å². The lowest BCUT2D eigenvalue weighted by atomic mass is 9.49. The van der Waals surface area contributed by atoms with E-state index >= 15 is 0 Å². The zero-order valence-electron chi connectivity index (χ0n) is 16.1. The van der Waals surface area contributed by atoms with Crippen LogP contribution in [0, 0.1) is 28.9 Å². The molecule has 2 amide bonds. The SMILES string of the molecule is CC1(C)C2CC=C(CN(C(=O)Nc3cccc(F)c3)c3ccc(F)cc3)C1C2. The first-order valence-electron chi connectivity index (χ1n) is 9.63. The first-order valence-corrected chi connectivity index (χ1v) is 9.63. The van der Waals surface area contributed by atoms with Gasteiger partial charge in [-0.2, -0.15) is 0 Å². The first-order chi connectivity index (χ1) is 13.3. The number of urea groups is 1. The van der Waals surface area contributed by atoms with Gasteiger partial charge in [0, 0.05) is 17.9 Å². The molecular formula is C23H24F2N2O. The number of carbonyl (C=O) groups excluding carboxylic acids is 1. The predicted octanol–water partition coefficient (Wildman–Crippen LogP) is 6.00. The Morgan fingerprint density at radius 2 is 1.89 bits per heavy atom. The van der Waals surface area contributed by atoms with Crippen LogP contribution in [0.3, 0.4) is 0 Å². The normalized spacial score (nSPS) is 22.1. The highest BCUT2D eigenvalue weighted by atomic mass is 19.1. The fourth-order valence-corrected chi connectivity index (χ4v) is 4.50. The molecule has 2 aromatic rings. The highest BCUT2D eigenvalue weighted by Gasteiger charge is 2.51. The van der Waals surface area contributed by atoms with Crippen molar-refractivity contribution in [2.24, 2.45) is 17.3 Å². The molecule has 0 spiro atoms. The summed E-state index contributed by atoms with van der Waals surface area (Å²) >= 11 is 0. The Hall–Kier alpha value is -2.69. The minimum absolute atomic E-state index is 0.248. The van der Waals surface area contributed by atoms with Gasteiger partial charge in [0.05, 0.1) is 0 Å². The number of allylic oxidation sites excluding steroid dienone is 1. The van der Waals surface area contributed by atoms with E-state index in [1.807, 2.05) is 0 Å². The quantitative estimate of drug-likeness (QED) is 0.647. The van der Waals surface area contributed by atoms with E-state index in [4.69, 9.17) is 0 Å². The average Bonchev–Trinajstić information content (AvgIpc) is 2.67. The molecule has 5 rings (SSSR count). The molecule has 0 saturated heterocycles. The van der Waals surface area contributed by atoms with Gasteiger partial charge in [-0.05, 0) is 72.6 Å². The number of amides is 2. The van der Waals surface area contributed by atoms with Crippen molar-refractivity contribution < 1.29 is 13.6 Å². The van der Waals surface area contributed by atoms with Crippen LogP contribution < -0.4 is 10.2 Å². The average molecular weight is 382 g/mol. The lowest BCUT2D eigenvalue weighted by Gasteiger charge is -2.57. The molecule has 0 heterocycles. The minimum Gasteiger partial charge on any atom is -0.307 e. The van der Waals surface area contributed by atoms with Gasteiger partial charge in [0.15, 0.2) is 0 Å². The lowest BCUT2D eigenvalue weighted by molar-refractivity contribution is -0.00666. The number of nitrogens with zero attached hydrogens (tertiary/aromatic N) is 1. The van der Waals surface area contributed by atoms with Crippen LogP contribution in [-0.4, -0.2) is 12.6 Å². The first kappa shape index (κ1) is 18.7. The minimum atomic E-state index is -0.414. The fourth-order valence-electron chi connectivity index (χ4n) is 4.50. The molecule has 2 atom stereocenters. The summed E-state index contributed by atoms with van der Waals surface area (Å²) in [5.74, 6) is 0.398. The van der Waals surface area contributed by atoms with Crippen LogP contribution in [0.25, 0.3) is 0 Å². The van der Waals surface area contributed by atoms with Crippen LogP contribution in [0.5, 0.6) is 0 Å². The maximum atomic E-state index is 13.5. The monoisotopic (exact) mass is 382 g/mol. The highest BCUT2D eigenvalue weighted by molar-refractivity contribution is 6.02. The Morgan fingerprint density at radius 1 is 1.14 bits per heavy atom. The number of nitrogens with one attached hydrogen (secondary N) is 1. The lowest BCUT2D eigenvalue weighted by Crippen LogP contribution is -2.50. The third-order valence-corrected chi connectivity index (χ3v) is 6.38.